The summed E-state index contributed by atoms with van der Waals surface area (Å²) in [5.74, 6) is 1.28. The minimum absolute atomic E-state index is 0. The predicted octanol–water partition coefficient (Wildman–Crippen LogP) is 2.52. The summed E-state index contributed by atoms with van der Waals surface area (Å²) in [7, 11) is 0. The van der Waals surface area contributed by atoms with Crippen LogP contribution in [0.1, 0.15) is 36.2 Å². The number of nitrogen functional groups attached to an aromatic ring is 1. The van der Waals surface area contributed by atoms with E-state index in [-0.39, 0.29) is 18.5 Å². The van der Waals surface area contributed by atoms with Gasteiger partial charge in [0.2, 0.25) is 11.7 Å². The molecule has 1 aliphatic heterocycles. The van der Waals surface area contributed by atoms with Crippen molar-refractivity contribution in [1.82, 2.24) is 10.1 Å². The largest absolute Gasteiger partial charge is 0.399 e. The van der Waals surface area contributed by atoms with E-state index in [9.17, 15) is 0 Å². The molecule has 19 heavy (non-hydrogen) atoms. The number of nitrogens with two attached hydrogens (primary N) is 1. The Morgan fingerprint density at radius 2 is 2.05 bits per heavy atom. The monoisotopic (exact) mass is 281 g/mol. The quantitative estimate of drug-likeness (QED) is 0.875. The van der Waals surface area contributed by atoms with Crippen molar-refractivity contribution in [1.29, 1.82) is 0 Å². The average Bonchev–Trinajstić information content (AvgIpc) is 3.02. The first-order valence-corrected chi connectivity index (χ1v) is 6.10. The minimum Gasteiger partial charge on any atom is -0.399 e. The van der Waals surface area contributed by atoms with Crippen LogP contribution in [0.15, 0.2) is 28.8 Å². The van der Waals surface area contributed by atoms with Crippen molar-refractivity contribution in [2.45, 2.75) is 25.4 Å². The van der Waals surface area contributed by atoms with Crippen LogP contribution < -0.4 is 5.73 Å². The van der Waals surface area contributed by atoms with Gasteiger partial charge in [0.25, 0.3) is 0 Å². The Bertz CT molecular complexity index is 521. The van der Waals surface area contributed by atoms with Gasteiger partial charge in [0.1, 0.15) is 6.10 Å². The summed E-state index contributed by atoms with van der Waals surface area (Å²) in [4.78, 5) is 4.38. The first-order chi connectivity index (χ1) is 8.81. The third kappa shape index (κ3) is 3.24. The second kappa shape index (κ2) is 6.04. The lowest BCUT2D eigenvalue weighted by atomic mass is 10.1. The van der Waals surface area contributed by atoms with E-state index in [2.05, 4.69) is 10.1 Å². The number of rotatable bonds is 3. The van der Waals surface area contributed by atoms with Gasteiger partial charge >= 0.3 is 0 Å². The molecule has 2 aromatic rings. The van der Waals surface area contributed by atoms with Gasteiger partial charge in [-0.3, -0.25) is 0 Å². The van der Waals surface area contributed by atoms with E-state index in [1.54, 1.807) is 0 Å². The molecule has 102 valence electrons. The molecular formula is C13H16ClN3O2. The number of hydrogen-bond acceptors (Lipinski definition) is 5. The first-order valence-electron chi connectivity index (χ1n) is 6.10. The van der Waals surface area contributed by atoms with Crippen molar-refractivity contribution in [3.63, 3.8) is 0 Å². The van der Waals surface area contributed by atoms with Crippen molar-refractivity contribution in [2.24, 2.45) is 0 Å². The number of hydrogen-bond donors (Lipinski definition) is 1. The zero-order chi connectivity index (χ0) is 12.4. The number of benzene rings is 1. The van der Waals surface area contributed by atoms with Crippen LogP contribution in [-0.4, -0.2) is 16.7 Å². The van der Waals surface area contributed by atoms with Crippen LogP contribution in [0.4, 0.5) is 5.69 Å². The van der Waals surface area contributed by atoms with Crippen LogP contribution in [0.3, 0.4) is 0 Å². The molecule has 0 radical (unpaired) electrons. The standard InChI is InChI=1S/C13H15N3O2.ClH/c14-10-5-3-9(4-6-10)8-12-15-13(16-18-12)11-2-1-7-17-11;/h3-6,11H,1-2,7-8,14H2;1H. The molecule has 0 saturated carbocycles. The highest BCUT2D eigenvalue weighted by Crippen LogP contribution is 2.26. The Hall–Kier alpha value is -1.59. The number of anilines is 1. The maximum absolute atomic E-state index is 5.64. The zero-order valence-corrected chi connectivity index (χ0v) is 11.2. The van der Waals surface area contributed by atoms with Crippen LogP contribution in [0.5, 0.6) is 0 Å². The van der Waals surface area contributed by atoms with E-state index in [4.69, 9.17) is 15.0 Å². The number of halogens is 1. The molecule has 1 aromatic carbocycles. The van der Waals surface area contributed by atoms with Gasteiger partial charge in [0.15, 0.2) is 0 Å². The second-order valence-corrected chi connectivity index (χ2v) is 4.47. The highest BCUT2D eigenvalue weighted by molar-refractivity contribution is 5.85. The third-order valence-electron chi connectivity index (χ3n) is 3.04. The zero-order valence-electron chi connectivity index (χ0n) is 10.4. The second-order valence-electron chi connectivity index (χ2n) is 4.47. The van der Waals surface area contributed by atoms with Crippen molar-refractivity contribution in [3.05, 3.63) is 41.5 Å². The van der Waals surface area contributed by atoms with Gasteiger partial charge in [-0.1, -0.05) is 17.3 Å². The van der Waals surface area contributed by atoms with Gasteiger partial charge in [-0.2, -0.15) is 4.98 Å². The fourth-order valence-electron chi connectivity index (χ4n) is 2.06. The summed E-state index contributed by atoms with van der Waals surface area (Å²) in [5.41, 5.74) is 7.50. The predicted molar refractivity (Wildman–Crippen MR) is 73.1 cm³/mol. The third-order valence-corrected chi connectivity index (χ3v) is 3.04. The maximum Gasteiger partial charge on any atom is 0.231 e. The van der Waals surface area contributed by atoms with Crippen LogP contribution >= 0.6 is 12.4 Å². The number of ether oxygens (including phenoxy) is 1. The van der Waals surface area contributed by atoms with Gasteiger partial charge in [0.05, 0.1) is 6.42 Å². The molecular weight excluding hydrogens is 266 g/mol. The van der Waals surface area contributed by atoms with Crippen molar-refractivity contribution in [2.75, 3.05) is 12.3 Å². The van der Waals surface area contributed by atoms with E-state index in [1.165, 1.54) is 0 Å². The SMILES string of the molecule is Cl.Nc1ccc(Cc2nc(C3CCCO3)no2)cc1. The van der Waals surface area contributed by atoms with E-state index >= 15 is 0 Å². The fraction of sp³-hybridized carbons (Fsp3) is 0.385. The molecule has 6 heteroatoms. The minimum atomic E-state index is 0. The lowest BCUT2D eigenvalue weighted by Crippen LogP contribution is -1.98. The molecule has 1 aromatic heterocycles. The molecule has 1 fully saturated rings. The van der Waals surface area contributed by atoms with Crippen LogP contribution in [0, 0.1) is 0 Å². The molecule has 0 bridgehead atoms. The molecule has 1 saturated heterocycles. The van der Waals surface area contributed by atoms with Crippen molar-refractivity contribution in [3.8, 4) is 0 Å². The Morgan fingerprint density at radius 1 is 1.26 bits per heavy atom. The molecule has 1 atom stereocenters. The summed E-state index contributed by atoms with van der Waals surface area (Å²) in [6, 6.07) is 7.66. The Labute approximate surface area is 117 Å². The van der Waals surface area contributed by atoms with E-state index < -0.39 is 0 Å². The summed E-state index contributed by atoms with van der Waals surface area (Å²) < 4.78 is 10.8. The summed E-state index contributed by atoms with van der Waals surface area (Å²) in [5, 5.41) is 3.98. The van der Waals surface area contributed by atoms with Gasteiger partial charge in [-0.25, -0.2) is 0 Å². The molecule has 2 N–H and O–H groups in total. The lowest BCUT2D eigenvalue weighted by molar-refractivity contribution is 0.103. The highest BCUT2D eigenvalue weighted by atomic mass is 35.5. The van der Waals surface area contributed by atoms with E-state index in [1.807, 2.05) is 24.3 Å². The molecule has 1 unspecified atom stereocenters. The van der Waals surface area contributed by atoms with Crippen molar-refractivity contribution >= 4 is 18.1 Å². The summed E-state index contributed by atoms with van der Waals surface area (Å²) in [6.45, 7) is 0.784. The molecule has 0 aliphatic carbocycles. The Kier molecular flexibility index (Phi) is 4.39. The molecule has 0 amide bonds. The summed E-state index contributed by atoms with van der Waals surface area (Å²) in [6.07, 6.45) is 2.67. The maximum atomic E-state index is 5.64. The first kappa shape index (κ1) is 13.8. The van der Waals surface area contributed by atoms with Crippen LogP contribution in [0.25, 0.3) is 0 Å². The van der Waals surface area contributed by atoms with Crippen LogP contribution in [0.2, 0.25) is 0 Å². The molecule has 5 nitrogen and oxygen atoms in total. The Morgan fingerprint density at radius 3 is 2.74 bits per heavy atom. The molecule has 3 rings (SSSR count). The van der Waals surface area contributed by atoms with Gasteiger partial charge in [-0.05, 0) is 30.5 Å². The highest BCUT2D eigenvalue weighted by Gasteiger charge is 2.23. The van der Waals surface area contributed by atoms with Crippen LogP contribution in [-0.2, 0) is 11.2 Å². The van der Waals surface area contributed by atoms with Gasteiger partial charge < -0.3 is 15.0 Å². The van der Waals surface area contributed by atoms with Gasteiger partial charge in [0, 0.05) is 12.3 Å². The lowest BCUT2D eigenvalue weighted by Gasteiger charge is -2.01. The van der Waals surface area contributed by atoms with E-state index in [0.717, 1.165) is 30.7 Å². The summed E-state index contributed by atoms with van der Waals surface area (Å²) >= 11 is 0. The fourth-order valence-corrected chi connectivity index (χ4v) is 2.06. The van der Waals surface area contributed by atoms with Crippen molar-refractivity contribution < 1.29 is 9.26 Å². The smallest absolute Gasteiger partial charge is 0.231 e. The molecule has 1 aliphatic rings. The molecule has 0 spiro atoms. The van der Waals surface area contributed by atoms with Gasteiger partial charge in [-0.15, -0.1) is 12.4 Å². The molecule has 2 heterocycles. The Balaban J connectivity index is 0.00000133. The number of aromatic nitrogens is 2. The topological polar surface area (TPSA) is 74.2 Å². The van der Waals surface area contributed by atoms with E-state index in [0.29, 0.717) is 18.1 Å². The number of nitrogens with zero attached hydrogens (tertiary/aromatic N) is 2. The average molecular weight is 282 g/mol. The normalized spacial score (nSPS) is 18.2.